The van der Waals surface area contributed by atoms with Crippen molar-refractivity contribution in [2.24, 2.45) is 0 Å². The number of amides is 1. The van der Waals surface area contributed by atoms with Gasteiger partial charge in [-0.3, -0.25) is 0 Å². The zero-order valence-electron chi connectivity index (χ0n) is 13.9. The summed E-state index contributed by atoms with van der Waals surface area (Å²) < 4.78 is 25.3. The number of hydrogen-bond donors (Lipinski definition) is 0. The molecule has 0 bridgehead atoms. The summed E-state index contributed by atoms with van der Waals surface area (Å²) in [6, 6.07) is -0.388. The quantitative estimate of drug-likeness (QED) is 0.482. The lowest BCUT2D eigenvalue weighted by Gasteiger charge is -2.19. The predicted octanol–water partition coefficient (Wildman–Crippen LogP) is 2.50. The van der Waals surface area contributed by atoms with Gasteiger partial charge < -0.3 is 4.90 Å². The lowest BCUT2D eigenvalue weighted by atomic mass is 10.3. The normalized spacial score (nSPS) is 11.4. The molecular weight excluding hydrogens is 316 g/mol. The standard InChI is InChI=1S/C15H26N4O3S/c1-4-7-9-12-23(21,22)14-16-13-19(17-14)15(20)18(10-6-3)11-8-5-2/h6,13H,3-5,7-12H2,1-2H3. The fourth-order valence-electron chi connectivity index (χ4n) is 2.03. The van der Waals surface area contributed by atoms with Crippen molar-refractivity contribution in [1.29, 1.82) is 0 Å². The van der Waals surface area contributed by atoms with E-state index in [0.29, 0.717) is 19.5 Å². The van der Waals surface area contributed by atoms with Gasteiger partial charge in [-0.1, -0.05) is 39.2 Å². The molecule has 0 aliphatic heterocycles. The Balaban J connectivity index is 2.84. The lowest BCUT2D eigenvalue weighted by Crippen LogP contribution is -2.36. The second-order valence-electron chi connectivity index (χ2n) is 5.37. The van der Waals surface area contributed by atoms with Gasteiger partial charge in [-0.2, -0.15) is 4.68 Å². The van der Waals surface area contributed by atoms with E-state index >= 15 is 0 Å². The topological polar surface area (TPSA) is 85.2 Å². The highest BCUT2D eigenvalue weighted by Gasteiger charge is 2.22. The van der Waals surface area contributed by atoms with Gasteiger partial charge in [0.25, 0.3) is 5.16 Å². The van der Waals surface area contributed by atoms with Crippen LogP contribution < -0.4 is 0 Å². The Kier molecular flexibility index (Phi) is 7.94. The molecule has 0 saturated carbocycles. The first-order valence-corrected chi connectivity index (χ1v) is 9.66. The van der Waals surface area contributed by atoms with Gasteiger partial charge in [0.2, 0.25) is 9.84 Å². The van der Waals surface area contributed by atoms with Crippen LogP contribution >= 0.6 is 0 Å². The SMILES string of the molecule is C=CCN(CCCC)C(=O)n1cnc(S(=O)(=O)CCCCC)n1. The Bertz CT molecular complexity index is 610. The molecule has 1 rings (SSSR count). The molecule has 0 spiro atoms. The summed E-state index contributed by atoms with van der Waals surface area (Å²) in [5.41, 5.74) is 0. The van der Waals surface area contributed by atoms with Crippen LogP contribution in [-0.4, -0.2) is 53.0 Å². The molecule has 0 radical (unpaired) electrons. The number of carbonyl (C=O) groups is 1. The van der Waals surface area contributed by atoms with E-state index in [-0.39, 0.29) is 16.9 Å². The van der Waals surface area contributed by atoms with Crippen molar-refractivity contribution in [1.82, 2.24) is 19.7 Å². The number of hydrogen-bond acceptors (Lipinski definition) is 5. The first-order valence-electron chi connectivity index (χ1n) is 8.00. The number of unbranched alkanes of at least 4 members (excludes halogenated alkanes) is 3. The maximum absolute atomic E-state index is 12.4. The monoisotopic (exact) mass is 342 g/mol. The van der Waals surface area contributed by atoms with Crippen molar-refractivity contribution < 1.29 is 13.2 Å². The minimum Gasteiger partial charge on any atom is -0.319 e. The van der Waals surface area contributed by atoms with E-state index in [1.807, 2.05) is 13.8 Å². The lowest BCUT2D eigenvalue weighted by molar-refractivity contribution is 0.200. The molecule has 0 fully saturated rings. The first kappa shape index (κ1) is 19.3. The predicted molar refractivity (Wildman–Crippen MR) is 89.1 cm³/mol. The van der Waals surface area contributed by atoms with Crippen LogP contribution in [0.25, 0.3) is 0 Å². The second-order valence-corrected chi connectivity index (χ2v) is 7.37. The fourth-order valence-corrected chi connectivity index (χ4v) is 3.22. The Morgan fingerprint density at radius 2 is 2.00 bits per heavy atom. The highest BCUT2D eigenvalue weighted by atomic mass is 32.2. The largest absolute Gasteiger partial charge is 0.346 e. The molecule has 0 unspecified atom stereocenters. The molecule has 0 N–H and O–H groups in total. The third kappa shape index (κ3) is 5.78. The molecule has 1 heterocycles. The van der Waals surface area contributed by atoms with Crippen LogP contribution in [0.15, 0.2) is 24.1 Å². The average molecular weight is 342 g/mol. The van der Waals surface area contributed by atoms with Crippen LogP contribution in [0.5, 0.6) is 0 Å². The van der Waals surface area contributed by atoms with Crippen LogP contribution in [-0.2, 0) is 9.84 Å². The van der Waals surface area contributed by atoms with E-state index < -0.39 is 9.84 Å². The third-order valence-electron chi connectivity index (χ3n) is 3.36. The number of carbonyl (C=O) groups excluding carboxylic acids is 1. The summed E-state index contributed by atoms with van der Waals surface area (Å²) in [6.45, 7) is 8.63. The first-order chi connectivity index (χ1) is 11.0. The summed E-state index contributed by atoms with van der Waals surface area (Å²) >= 11 is 0. The van der Waals surface area contributed by atoms with E-state index in [1.165, 1.54) is 0 Å². The zero-order chi connectivity index (χ0) is 17.3. The van der Waals surface area contributed by atoms with Gasteiger partial charge >= 0.3 is 6.03 Å². The second kappa shape index (κ2) is 9.44. The average Bonchev–Trinajstić information content (AvgIpc) is 3.01. The third-order valence-corrected chi connectivity index (χ3v) is 4.93. The Morgan fingerprint density at radius 3 is 2.61 bits per heavy atom. The van der Waals surface area contributed by atoms with Gasteiger partial charge in [-0.05, 0) is 12.8 Å². The van der Waals surface area contributed by atoms with Gasteiger partial charge in [0, 0.05) is 13.1 Å². The van der Waals surface area contributed by atoms with Gasteiger partial charge in [0.1, 0.15) is 6.33 Å². The van der Waals surface area contributed by atoms with Crippen molar-refractivity contribution >= 4 is 15.9 Å². The smallest absolute Gasteiger partial charge is 0.319 e. The van der Waals surface area contributed by atoms with Crippen LogP contribution in [0, 0.1) is 0 Å². The molecule has 0 aromatic carbocycles. The maximum Gasteiger partial charge on any atom is 0.346 e. The Morgan fingerprint density at radius 1 is 1.30 bits per heavy atom. The van der Waals surface area contributed by atoms with E-state index in [0.717, 1.165) is 36.7 Å². The van der Waals surface area contributed by atoms with Crippen LogP contribution in [0.4, 0.5) is 4.79 Å². The molecular formula is C15H26N4O3S. The van der Waals surface area contributed by atoms with Crippen molar-refractivity contribution in [3.05, 3.63) is 19.0 Å². The van der Waals surface area contributed by atoms with E-state index in [9.17, 15) is 13.2 Å². The van der Waals surface area contributed by atoms with E-state index in [1.54, 1.807) is 11.0 Å². The fraction of sp³-hybridized carbons (Fsp3) is 0.667. The molecule has 0 saturated heterocycles. The molecule has 8 heteroatoms. The van der Waals surface area contributed by atoms with Crippen molar-refractivity contribution in [3.63, 3.8) is 0 Å². The van der Waals surface area contributed by atoms with Crippen LogP contribution in [0.1, 0.15) is 46.0 Å². The van der Waals surface area contributed by atoms with E-state index in [4.69, 9.17) is 0 Å². The van der Waals surface area contributed by atoms with Crippen LogP contribution in [0.3, 0.4) is 0 Å². The van der Waals surface area contributed by atoms with Crippen molar-refractivity contribution in [3.8, 4) is 0 Å². The molecule has 0 atom stereocenters. The van der Waals surface area contributed by atoms with Crippen molar-refractivity contribution in [2.75, 3.05) is 18.8 Å². The van der Waals surface area contributed by atoms with Gasteiger partial charge in [0.15, 0.2) is 0 Å². The Labute approximate surface area is 138 Å². The van der Waals surface area contributed by atoms with Crippen molar-refractivity contribution in [2.45, 2.75) is 51.1 Å². The number of sulfone groups is 1. The van der Waals surface area contributed by atoms with Gasteiger partial charge in [-0.25, -0.2) is 18.2 Å². The number of nitrogens with zero attached hydrogens (tertiary/aromatic N) is 4. The summed E-state index contributed by atoms with van der Waals surface area (Å²) in [4.78, 5) is 17.8. The molecule has 23 heavy (non-hydrogen) atoms. The molecule has 1 amide bonds. The molecule has 7 nitrogen and oxygen atoms in total. The van der Waals surface area contributed by atoms with Crippen LogP contribution in [0.2, 0.25) is 0 Å². The van der Waals surface area contributed by atoms with Gasteiger partial charge in [-0.15, -0.1) is 11.7 Å². The number of aromatic nitrogens is 3. The summed E-state index contributed by atoms with van der Waals surface area (Å²) in [5, 5.41) is 3.58. The zero-order valence-corrected chi connectivity index (χ0v) is 14.8. The van der Waals surface area contributed by atoms with Gasteiger partial charge in [0.05, 0.1) is 5.75 Å². The minimum absolute atomic E-state index is 0.00521. The Hall–Kier alpha value is -1.70. The molecule has 1 aromatic heterocycles. The number of rotatable bonds is 10. The molecule has 0 aliphatic rings. The summed E-state index contributed by atoms with van der Waals surface area (Å²) in [7, 11) is -3.53. The van der Waals surface area contributed by atoms with E-state index in [2.05, 4.69) is 16.7 Å². The molecule has 1 aromatic rings. The summed E-state index contributed by atoms with van der Waals surface area (Å²) in [6.07, 6.45) is 6.95. The molecule has 130 valence electrons. The minimum atomic E-state index is -3.53. The highest BCUT2D eigenvalue weighted by Crippen LogP contribution is 2.09. The maximum atomic E-state index is 12.4. The highest BCUT2D eigenvalue weighted by molar-refractivity contribution is 7.91. The molecule has 0 aliphatic carbocycles. The summed E-state index contributed by atoms with van der Waals surface area (Å²) in [5.74, 6) is 0.00521.